The van der Waals surface area contributed by atoms with Crippen LogP contribution in [0.2, 0.25) is 0 Å². The Balaban J connectivity index is 1.48. The number of fused-ring (bicyclic) bond motifs is 2. The van der Waals surface area contributed by atoms with Crippen LogP contribution in [-0.4, -0.2) is 49.3 Å². The van der Waals surface area contributed by atoms with Gasteiger partial charge < -0.3 is 15.5 Å². The number of nitrogen functional groups attached to an aromatic ring is 1. The standard InChI is InChI=1S/C22H26F3N7O/c1-13(2)18(20-27-4-5-28-20)31-6-3-21(12-31)17-10-16(30-32(17)7-8-33-21)14-9-15(22(23,24)25)19(26)29-11-14/h4-5,9-11,13,18H,3,6-8,12H2,1-2H3,(H2,26,29)(H,27,28)/t18?,21-/m1/s1. The summed E-state index contributed by atoms with van der Waals surface area (Å²) in [6.07, 6.45) is 1.09. The van der Waals surface area contributed by atoms with E-state index in [1.54, 1.807) is 6.20 Å². The second-order valence-corrected chi connectivity index (χ2v) is 9.02. The van der Waals surface area contributed by atoms with E-state index in [1.807, 2.05) is 16.9 Å². The highest BCUT2D eigenvalue weighted by molar-refractivity contribution is 5.63. The maximum absolute atomic E-state index is 13.3. The molecule has 3 aromatic rings. The number of H-pyrrole nitrogens is 1. The van der Waals surface area contributed by atoms with Gasteiger partial charge >= 0.3 is 6.18 Å². The third-order valence-corrected chi connectivity index (χ3v) is 6.53. The fraction of sp³-hybridized carbons (Fsp3) is 0.500. The van der Waals surface area contributed by atoms with Gasteiger partial charge in [0, 0.05) is 37.2 Å². The van der Waals surface area contributed by atoms with E-state index < -0.39 is 23.2 Å². The number of anilines is 1. The van der Waals surface area contributed by atoms with Crippen LogP contribution in [0.4, 0.5) is 19.0 Å². The lowest BCUT2D eigenvalue weighted by Crippen LogP contribution is -2.42. The van der Waals surface area contributed by atoms with Crippen molar-refractivity contribution in [1.29, 1.82) is 0 Å². The molecule has 5 heterocycles. The normalized spacial score (nSPS) is 22.2. The number of aromatic amines is 1. The van der Waals surface area contributed by atoms with Gasteiger partial charge in [-0.2, -0.15) is 18.3 Å². The Bertz CT molecular complexity index is 1140. The Labute approximate surface area is 189 Å². The number of hydrogen-bond donors (Lipinski definition) is 2. The van der Waals surface area contributed by atoms with E-state index in [0.29, 0.717) is 31.3 Å². The summed E-state index contributed by atoms with van der Waals surface area (Å²) in [6.45, 7) is 6.81. The van der Waals surface area contributed by atoms with Gasteiger partial charge in [-0.3, -0.25) is 9.58 Å². The predicted octanol–water partition coefficient (Wildman–Crippen LogP) is 3.60. The van der Waals surface area contributed by atoms with Crippen LogP contribution < -0.4 is 5.73 Å². The van der Waals surface area contributed by atoms with Gasteiger partial charge in [-0.1, -0.05) is 13.8 Å². The number of nitrogens with two attached hydrogens (primary N) is 1. The largest absolute Gasteiger partial charge is 0.419 e. The minimum absolute atomic E-state index is 0.108. The molecule has 1 spiro atoms. The fourth-order valence-electron chi connectivity index (χ4n) is 5.06. The molecule has 0 aliphatic carbocycles. The van der Waals surface area contributed by atoms with Crippen LogP contribution in [0.15, 0.2) is 30.7 Å². The fourth-order valence-corrected chi connectivity index (χ4v) is 5.06. The quantitative estimate of drug-likeness (QED) is 0.616. The molecule has 176 valence electrons. The van der Waals surface area contributed by atoms with E-state index in [0.717, 1.165) is 30.6 Å². The number of ether oxygens (including phenoxy) is 1. The molecule has 2 aliphatic heterocycles. The predicted molar refractivity (Wildman–Crippen MR) is 115 cm³/mol. The molecule has 3 aromatic heterocycles. The van der Waals surface area contributed by atoms with Crippen LogP contribution in [0, 0.1) is 5.92 Å². The average molecular weight is 461 g/mol. The van der Waals surface area contributed by atoms with Crippen LogP contribution in [0.1, 0.15) is 43.4 Å². The van der Waals surface area contributed by atoms with Crippen molar-refractivity contribution in [3.05, 3.63) is 47.8 Å². The summed E-state index contributed by atoms with van der Waals surface area (Å²) in [7, 11) is 0. The number of pyridine rings is 1. The van der Waals surface area contributed by atoms with Crippen molar-refractivity contribution < 1.29 is 17.9 Å². The Morgan fingerprint density at radius 1 is 1.21 bits per heavy atom. The smallest absolute Gasteiger partial charge is 0.383 e. The number of likely N-dealkylation sites (tertiary alicyclic amines) is 1. The van der Waals surface area contributed by atoms with Gasteiger partial charge in [-0.05, 0) is 24.5 Å². The summed E-state index contributed by atoms with van der Waals surface area (Å²) >= 11 is 0. The second kappa shape index (κ2) is 7.84. The highest BCUT2D eigenvalue weighted by atomic mass is 19.4. The maximum atomic E-state index is 13.3. The summed E-state index contributed by atoms with van der Waals surface area (Å²) < 4.78 is 48.2. The molecule has 0 saturated carbocycles. The van der Waals surface area contributed by atoms with E-state index in [4.69, 9.17) is 10.5 Å². The molecule has 1 fully saturated rings. The molecule has 0 amide bonds. The molecule has 11 heteroatoms. The van der Waals surface area contributed by atoms with Crippen molar-refractivity contribution in [2.75, 3.05) is 25.4 Å². The number of alkyl halides is 3. The molecule has 1 saturated heterocycles. The van der Waals surface area contributed by atoms with E-state index in [-0.39, 0.29) is 11.6 Å². The topological polar surface area (TPSA) is 97.9 Å². The summed E-state index contributed by atoms with van der Waals surface area (Å²) in [5, 5.41) is 4.60. The summed E-state index contributed by atoms with van der Waals surface area (Å²) in [5.74, 6) is 0.704. The van der Waals surface area contributed by atoms with Crippen molar-refractivity contribution >= 4 is 5.82 Å². The Hall–Kier alpha value is -2.92. The highest BCUT2D eigenvalue weighted by Crippen LogP contribution is 2.44. The van der Waals surface area contributed by atoms with Gasteiger partial charge in [-0.25, -0.2) is 9.97 Å². The first kappa shape index (κ1) is 21.9. The summed E-state index contributed by atoms with van der Waals surface area (Å²) in [5.41, 5.74) is 5.51. The average Bonchev–Trinajstić information content (AvgIpc) is 3.49. The molecule has 2 atom stereocenters. The molecule has 0 radical (unpaired) electrons. The lowest BCUT2D eigenvalue weighted by Gasteiger charge is -2.36. The van der Waals surface area contributed by atoms with Gasteiger partial charge in [0.2, 0.25) is 0 Å². The number of imidazole rings is 1. The van der Waals surface area contributed by atoms with Crippen molar-refractivity contribution in [1.82, 2.24) is 29.6 Å². The molecular formula is C22H26F3N7O. The Morgan fingerprint density at radius 3 is 2.73 bits per heavy atom. The summed E-state index contributed by atoms with van der Waals surface area (Å²) in [4.78, 5) is 13.8. The van der Waals surface area contributed by atoms with Crippen LogP contribution in [0.3, 0.4) is 0 Å². The zero-order valence-corrected chi connectivity index (χ0v) is 18.4. The highest BCUT2D eigenvalue weighted by Gasteiger charge is 2.48. The molecule has 3 N–H and O–H groups in total. The van der Waals surface area contributed by atoms with Gasteiger partial charge in [-0.15, -0.1) is 0 Å². The van der Waals surface area contributed by atoms with Crippen LogP contribution in [-0.2, 0) is 23.1 Å². The third kappa shape index (κ3) is 3.78. The van der Waals surface area contributed by atoms with E-state index in [1.165, 1.54) is 6.20 Å². The Kier molecular flexibility index (Phi) is 5.20. The first-order chi connectivity index (χ1) is 15.7. The van der Waals surface area contributed by atoms with Crippen LogP contribution in [0.5, 0.6) is 0 Å². The van der Waals surface area contributed by atoms with Gasteiger partial charge in [0.15, 0.2) is 0 Å². The first-order valence-corrected chi connectivity index (χ1v) is 11.0. The van der Waals surface area contributed by atoms with Crippen LogP contribution in [0.25, 0.3) is 11.3 Å². The molecule has 0 bridgehead atoms. The minimum atomic E-state index is -4.58. The monoisotopic (exact) mass is 461 g/mol. The van der Waals surface area contributed by atoms with Crippen molar-refractivity contribution in [2.24, 2.45) is 5.92 Å². The molecular weight excluding hydrogens is 435 g/mol. The van der Waals surface area contributed by atoms with E-state index in [9.17, 15) is 13.2 Å². The lowest BCUT2D eigenvalue weighted by molar-refractivity contribution is -0.137. The number of halogens is 3. The lowest BCUT2D eigenvalue weighted by atomic mass is 9.95. The molecule has 5 rings (SSSR count). The van der Waals surface area contributed by atoms with Gasteiger partial charge in [0.05, 0.1) is 36.1 Å². The molecule has 2 aliphatic rings. The van der Waals surface area contributed by atoms with Crippen molar-refractivity contribution in [2.45, 2.75) is 44.6 Å². The van der Waals surface area contributed by atoms with E-state index >= 15 is 0 Å². The SMILES string of the molecule is CC(C)C(c1ncc[nH]1)N1CC[C@]2(C1)OCCn1nc(-c3cnc(N)c(C(F)(F)F)c3)cc12. The van der Waals surface area contributed by atoms with Crippen molar-refractivity contribution in [3.63, 3.8) is 0 Å². The van der Waals surface area contributed by atoms with Crippen molar-refractivity contribution in [3.8, 4) is 11.3 Å². The van der Waals surface area contributed by atoms with Gasteiger partial charge in [0.1, 0.15) is 17.2 Å². The van der Waals surface area contributed by atoms with E-state index in [2.05, 4.69) is 38.8 Å². The maximum Gasteiger partial charge on any atom is 0.419 e. The molecule has 33 heavy (non-hydrogen) atoms. The zero-order chi connectivity index (χ0) is 23.4. The summed E-state index contributed by atoms with van der Waals surface area (Å²) in [6, 6.07) is 2.95. The number of nitrogens with one attached hydrogen (secondary N) is 1. The van der Waals surface area contributed by atoms with Gasteiger partial charge in [0.25, 0.3) is 0 Å². The number of hydrogen-bond acceptors (Lipinski definition) is 6. The minimum Gasteiger partial charge on any atom is -0.383 e. The number of aromatic nitrogens is 5. The second-order valence-electron chi connectivity index (χ2n) is 9.02. The molecule has 0 aromatic carbocycles. The third-order valence-electron chi connectivity index (χ3n) is 6.53. The first-order valence-electron chi connectivity index (χ1n) is 11.0. The van der Waals surface area contributed by atoms with Crippen LogP contribution >= 0.6 is 0 Å². The Morgan fingerprint density at radius 2 is 2.03 bits per heavy atom. The number of rotatable bonds is 4. The zero-order valence-electron chi connectivity index (χ0n) is 18.4. The molecule has 8 nitrogen and oxygen atoms in total. The number of nitrogens with zero attached hydrogens (tertiary/aromatic N) is 5. The molecule has 1 unspecified atom stereocenters.